The van der Waals surface area contributed by atoms with Gasteiger partial charge in [-0.15, -0.1) is 0 Å². The van der Waals surface area contributed by atoms with Crippen LogP contribution in [0.25, 0.3) is 0 Å². The SMILES string of the molecule is CC(=O)N1CCC(O)(CN2C[C@H]3CCCN3C[C@@H]2CCO)CC1. The van der Waals surface area contributed by atoms with Crippen molar-refractivity contribution < 1.29 is 15.0 Å². The molecule has 3 fully saturated rings. The highest BCUT2D eigenvalue weighted by molar-refractivity contribution is 5.73. The van der Waals surface area contributed by atoms with E-state index in [0.29, 0.717) is 44.6 Å². The average molecular weight is 325 g/mol. The monoisotopic (exact) mass is 325 g/mol. The number of aliphatic hydroxyl groups is 2. The number of fused-ring (bicyclic) bond motifs is 1. The second-order valence-electron chi connectivity index (χ2n) is 7.62. The number of nitrogens with zero attached hydrogens (tertiary/aromatic N) is 3. The van der Waals surface area contributed by atoms with Crippen molar-refractivity contribution in [3.05, 3.63) is 0 Å². The van der Waals surface area contributed by atoms with Gasteiger partial charge in [0.2, 0.25) is 5.91 Å². The summed E-state index contributed by atoms with van der Waals surface area (Å²) in [5.74, 6) is 0.102. The van der Waals surface area contributed by atoms with Crippen molar-refractivity contribution in [1.29, 1.82) is 0 Å². The highest BCUT2D eigenvalue weighted by Crippen LogP contribution is 2.30. The lowest BCUT2D eigenvalue weighted by Crippen LogP contribution is -2.61. The first kappa shape index (κ1) is 17.1. The molecule has 0 aromatic carbocycles. The minimum absolute atomic E-state index is 0.102. The Morgan fingerprint density at radius 2 is 1.96 bits per heavy atom. The van der Waals surface area contributed by atoms with Crippen molar-refractivity contribution in [2.75, 3.05) is 45.9 Å². The molecular weight excluding hydrogens is 294 g/mol. The second kappa shape index (κ2) is 7.05. The first-order valence-corrected chi connectivity index (χ1v) is 9.07. The van der Waals surface area contributed by atoms with E-state index in [-0.39, 0.29) is 12.5 Å². The molecule has 132 valence electrons. The zero-order valence-electron chi connectivity index (χ0n) is 14.3. The lowest BCUT2D eigenvalue weighted by molar-refractivity contribution is -0.134. The molecule has 6 heteroatoms. The van der Waals surface area contributed by atoms with E-state index in [4.69, 9.17) is 0 Å². The molecule has 1 amide bonds. The number of piperazine rings is 1. The Morgan fingerprint density at radius 1 is 1.22 bits per heavy atom. The molecule has 6 nitrogen and oxygen atoms in total. The maximum atomic E-state index is 11.5. The molecule has 3 saturated heterocycles. The number of rotatable bonds is 4. The summed E-state index contributed by atoms with van der Waals surface area (Å²) in [6, 6.07) is 0.954. The van der Waals surface area contributed by atoms with Crippen LogP contribution >= 0.6 is 0 Å². The number of piperidine rings is 1. The van der Waals surface area contributed by atoms with Crippen LogP contribution in [0, 0.1) is 0 Å². The van der Waals surface area contributed by atoms with E-state index in [2.05, 4.69) is 9.80 Å². The lowest BCUT2D eigenvalue weighted by Gasteiger charge is -2.48. The topological polar surface area (TPSA) is 67.3 Å². The number of likely N-dealkylation sites (tertiary alicyclic amines) is 1. The molecule has 0 saturated carbocycles. The molecule has 3 aliphatic heterocycles. The fourth-order valence-electron chi connectivity index (χ4n) is 4.54. The number of β-amino-alcohol motifs (C(OH)–C–C–N with tert-alkyl or cyclic N) is 1. The number of aliphatic hydroxyl groups excluding tert-OH is 1. The second-order valence-corrected chi connectivity index (χ2v) is 7.62. The van der Waals surface area contributed by atoms with Crippen LogP contribution in [0.15, 0.2) is 0 Å². The predicted octanol–water partition coefficient (Wildman–Crippen LogP) is -0.109. The van der Waals surface area contributed by atoms with Gasteiger partial charge in [-0.05, 0) is 38.6 Å². The number of carbonyl (C=O) groups is 1. The fourth-order valence-corrected chi connectivity index (χ4v) is 4.54. The van der Waals surface area contributed by atoms with Gasteiger partial charge in [0, 0.05) is 58.3 Å². The minimum atomic E-state index is -0.694. The van der Waals surface area contributed by atoms with Gasteiger partial charge in [0.05, 0.1) is 5.60 Å². The normalized spacial score (nSPS) is 32.0. The van der Waals surface area contributed by atoms with Crippen LogP contribution in [0.2, 0.25) is 0 Å². The molecule has 0 radical (unpaired) electrons. The number of amides is 1. The molecule has 23 heavy (non-hydrogen) atoms. The Balaban J connectivity index is 1.61. The highest BCUT2D eigenvalue weighted by atomic mass is 16.3. The summed E-state index contributed by atoms with van der Waals surface area (Å²) in [6.07, 6.45) is 4.60. The standard InChI is InChI=1S/C17H31N3O3/c1-14(22)18-8-5-17(23,6-9-18)13-20-12-15-3-2-7-19(15)11-16(20)4-10-21/h15-16,21,23H,2-13H2,1H3/t15-,16+/m1/s1. The first-order valence-electron chi connectivity index (χ1n) is 9.07. The maximum Gasteiger partial charge on any atom is 0.219 e. The molecular formula is C17H31N3O3. The van der Waals surface area contributed by atoms with E-state index >= 15 is 0 Å². The predicted molar refractivity (Wildman–Crippen MR) is 88.1 cm³/mol. The van der Waals surface area contributed by atoms with Gasteiger partial charge in [-0.3, -0.25) is 14.6 Å². The van der Waals surface area contributed by atoms with Gasteiger partial charge in [-0.1, -0.05) is 0 Å². The first-order chi connectivity index (χ1) is 11.0. The summed E-state index contributed by atoms with van der Waals surface area (Å²) in [6.45, 7) is 6.98. The summed E-state index contributed by atoms with van der Waals surface area (Å²) in [5.41, 5.74) is -0.694. The molecule has 0 aromatic heterocycles. The van der Waals surface area contributed by atoms with E-state index in [1.807, 2.05) is 4.90 Å². The van der Waals surface area contributed by atoms with Gasteiger partial charge in [0.1, 0.15) is 0 Å². The molecule has 0 aliphatic carbocycles. The summed E-state index contributed by atoms with van der Waals surface area (Å²) in [4.78, 5) is 18.3. The molecule has 3 heterocycles. The highest BCUT2D eigenvalue weighted by Gasteiger charge is 2.41. The molecule has 2 N–H and O–H groups in total. The van der Waals surface area contributed by atoms with E-state index in [0.717, 1.165) is 19.5 Å². The smallest absolute Gasteiger partial charge is 0.219 e. The van der Waals surface area contributed by atoms with Gasteiger partial charge in [-0.2, -0.15) is 0 Å². The maximum absolute atomic E-state index is 11.5. The van der Waals surface area contributed by atoms with Crippen LogP contribution in [0.1, 0.15) is 39.0 Å². The third-order valence-electron chi connectivity index (χ3n) is 6.01. The molecule has 0 aromatic rings. The van der Waals surface area contributed by atoms with Crippen LogP contribution in [-0.4, -0.2) is 94.4 Å². The van der Waals surface area contributed by atoms with Crippen LogP contribution < -0.4 is 0 Å². The Kier molecular flexibility index (Phi) is 5.26. The minimum Gasteiger partial charge on any atom is -0.396 e. The third-order valence-corrected chi connectivity index (χ3v) is 6.01. The Hall–Kier alpha value is -0.690. The molecule has 3 rings (SSSR count). The van der Waals surface area contributed by atoms with Crippen molar-refractivity contribution in [2.24, 2.45) is 0 Å². The molecule has 0 spiro atoms. The van der Waals surface area contributed by atoms with Gasteiger partial charge < -0.3 is 15.1 Å². The largest absolute Gasteiger partial charge is 0.396 e. The van der Waals surface area contributed by atoms with E-state index in [1.165, 1.54) is 19.4 Å². The molecule has 0 bridgehead atoms. The average Bonchev–Trinajstić information content (AvgIpc) is 2.95. The summed E-state index contributed by atoms with van der Waals surface area (Å²) < 4.78 is 0. The van der Waals surface area contributed by atoms with Gasteiger partial charge in [-0.25, -0.2) is 0 Å². The van der Waals surface area contributed by atoms with E-state index in [1.54, 1.807) is 6.92 Å². The quantitative estimate of drug-likeness (QED) is 0.755. The van der Waals surface area contributed by atoms with Crippen LogP contribution in [0.3, 0.4) is 0 Å². The van der Waals surface area contributed by atoms with Gasteiger partial charge in [0.25, 0.3) is 0 Å². The molecule has 2 atom stereocenters. The van der Waals surface area contributed by atoms with Crippen molar-refractivity contribution in [1.82, 2.24) is 14.7 Å². The molecule has 0 unspecified atom stereocenters. The van der Waals surface area contributed by atoms with Gasteiger partial charge in [0.15, 0.2) is 0 Å². The summed E-state index contributed by atoms with van der Waals surface area (Å²) in [5, 5.41) is 20.4. The zero-order chi connectivity index (χ0) is 16.4. The number of carbonyl (C=O) groups excluding carboxylic acids is 1. The third kappa shape index (κ3) is 3.87. The van der Waals surface area contributed by atoms with Gasteiger partial charge >= 0.3 is 0 Å². The Bertz CT molecular complexity index is 423. The van der Waals surface area contributed by atoms with Crippen molar-refractivity contribution in [2.45, 2.75) is 56.7 Å². The van der Waals surface area contributed by atoms with Crippen LogP contribution in [-0.2, 0) is 4.79 Å². The lowest BCUT2D eigenvalue weighted by atomic mass is 9.89. The van der Waals surface area contributed by atoms with Crippen LogP contribution in [0.4, 0.5) is 0 Å². The summed E-state index contributed by atoms with van der Waals surface area (Å²) in [7, 11) is 0. The van der Waals surface area contributed by atoms with Crippen LogP contribution in [0.5, 0.6) is 0 Å². The zero-order valence-corrected chi connectivity index (χ0v) is 14.3. The Morgan fingerprint density at radius 3 is 2.61 bits per heavy atom. The van der Waals surface area contributed by atoms with E-state index < -0.39 is 5.60 Å². The van der Waals surface area contributed by atoms with Crippen molar-refractivity contribution in [3.63, 3.8) is 0 Å². The molecule has 3 aliphatic rings. The van der Waals surface area contributed by atoms with E-state index in [9.17, 15) is 15.0 Å². The van der Waals surface area contributed by atoms with Crippen molar-refractivity contribution >= 4 is 5.91 Å². The fraction of sp³-hybridized carbons (Fsp3) is 0.941. The Labute approximate surface area is 139 Å². The van der Waals surface area contributed by atoms with Crippen molar-refractivity contribution in [3.8, 4) is 0 Å². The number of hydrogen-bond acceptors (Lipinski definition) is 5. The summed E-state index contributed by atoms with van der Waals surface area (Å²) >= 11 is 0. The number of hydrogen-bond donors (Lipinski definition) is 2.